The largest absolute Gasteiger partial charge is 0.445 e. The smallest absolute Gasteiger partial charge is 0.410 e. The summed E-state index contributed by atoms with van der Waals surface area (Å²) in [6, 6.07) is 17.4. The summed E-state index contributed by atoms with van der Waals surface area (Å²) in [5.74, 6) is 0.264. The number of amides is 2. The number of ether oxygens (including phenoxy) is 2. The van der Waals surface area contributed by atoms with Gasteiger partial charge in [-0.05, 0) is 86.9 Å². The van der Waals surface area contributed by atoms with Gasteiger partial charge in [-0.15, -0.1) is 0 Å². The van der Waals surface area contributed by atoms with Crippen LogP contribution in [0.1, 0.15) is 44.7 Å². The highest BCUT2D eigenvalue weighted by Crippen LogP contribution is 2.51. The molecule has 0 radical (unpaired) electrons. The molecule has 2 aliphatic heterocycles. The molecule has 0 spiro atoms. The number of H-pyrrole nitrogens is 1. The number of hydrogen-bond acceptors (Lipinski definition) is 5. The lowest BCUT2D eigenvalue weighted by Crippen LogP contribution is -2.43. The number of hydrogen-bond donors (Lipinski definition) is 1. The van der Waals surface area contributed by atoms with Crippen LogP contribution in [0.4, 0.5) is 22.8 Å². The first-order valence-corrected chi connectivity index (χ1v) is 17.5. The molecule has 51 heavy (non-hydrogen) atoms. The van der Waals surface area contributed by atoms with Gasteiger partial charge in [0.25, 0.3) is 0 Å². The third-order valence-electron chi connectivity index (χ3n) is 10.3. The summed E-state index contributed by atoms with van der Waals surface area (Å²) >= 11 is 0. The summed E-state index contributed by atoms with van der Waals surface area (Å²) < 4.78 is 57.7. The summed E-state index contributed by atoms with van der Waals surface area (Å²) in [4.78, 5) is 38.3. The first kappa shape index (κ1) is 33.2. The van der Waals surface area contributed by atoms with E-state index in [-0.39, 0.29) is 44.0 Å². The van der Waals surface area contributed by atoms with Gasteiger partial charge in [-0.1, -0.05) is 30.3 Å². The molecule has 5 atom stereocenters. The van der Waals surface area contributed by atoms with Crippen molar-refractivity contribution in [3.05, 3.63) is 89.5 Å². The number of carbonyl (C=O) groups is 2. The van der Waals surface area contributed by atoms with E-state index in [4.69, 9.17) is 14.5 Å². The Balaban J connectivity index is 1.17. The summed E-state index contributed by atoms with van der Waals surface area (Å²) in [6.45, 7) is 6.44. The quantitative estimate of drug-likeness (QED) is 0.186. The van der Waals surface area contributed by atoms with Crippen LogP contribution in [-0.4, -0.2) is 73.5 Å². The van der Waals surface area contributed by atoms with Crippen LogP contribution in [0.3, 0.4) is 0 Å². The zero-order valence-electron chi connectivity index (χ0n) is 28.7. The zero-order valence-corrected chi connectivity index (χ0v) is 28.7. The Bertz CT molecular complexity index is 2130. The van der Waals surface area contributed by atoms with Gasteiger partial charge >= 0.3 is 12.2 Å². The lowest BCUT2D eigenvalue weighted by atomic mass is 10.00. The van der Waals surface area contributed by atoms with E-state index in [0.717, 1.165) is 17.5 Å². The molecule has 2 aromatic heterocycles. The fourth-order valence-corrected chi connectivity index (χ4v) is 7.95. The van der Waals surface area contributed by atoms with Gasteiger partial charge in [-0.2, -0.15) is 0 Å². The zero-order chi connectivity index (χ0) is 35.6. The lowest BCUT2D eigenvalue weighted by Gasteiger charge is -2.31. The summed E-state index contributed by atoms with van der Waals surface area (Å²) in [6.07, 6.45) is -0.894. The summed E-state index contributed by atoms with van der Waals surface area (Å²) in [7, 11) is 0. The molecule has 0 unspecified atom stereocenters. The molecular weight excluding hydrogens is 659 g/mol. The van der Waals surface area contributed by atoms with Gasteiger partial charge in [0.1, 0.15) is 30.0 Å². The third-order valence-corrected chi connectivity index (χ3v) is 10.3. The van der Waals surface area contributed by atoms with E-state index in [2.05, 4.69) is 4.98 Å². The molecule has 2 amide bonds. The number of halogens is 3. The average molecular weight is 700 g/mol. The van der Waals surface area contributed by atoms with Gasteiger partial charge in [0.15, 0.2) is 5.82 Å². The molecule has 4 heterocycles. The highest BCUT2D eigenvalue weighted by atomic mass is 19.1. The molecule has 0 bridgehead atoms. The third kappa shape index (κ3) is 6.52. The first-order valence-electron chi connectivity index (χ1n) is 17.5. The maximum Gasteiger partial charge on any atom is 0.410 e. The second-order valence-corrected chi connectivity index (χ2v) is 15.1. The number of alkyl halides is 1. The highest BCUT2D eigenvalue weighted by molar-refractivity contribution is 5.92. The van der Waals surface area contributed by atoms with Crippen LogP contribution in [0.25, 0.3) is 33.5 Å². The van der Waals surface area contributed by atoms with Crippen molar-refractivity contribution < 1.29 is 32.2 Å². The number of carbonyl (C=O) groups excluding carboxylic acids is 2. The fraction of sp³-hybridized carbons (Fsp3) is 0.410. The molecule has 8 rings (SSSR count). The number of nitrogens with zero attached hydrogens (tertiary/aromatic N) is 4. The maximum atomic E-state index is 15.1. The number of benzene rings is 3. The molecule has 3 aliphatic rings. The van der Waals surface area contributed by atoms with Crippen molar-refractivity contribution in [1.82, 2.24) is 24.3 Å². The molecule has 1 aliphatic carbocycles. The van der Waals surface area contributed by atoms with Crippen LogP contribution in [0.2, 0.25) is 0 Å². The van der Waals surface area contributed by atoms with Crippen LogP contribution in [0.5, 0.6) is 0 Å². The molecule has 2 saturated heterocycles. The minimum Gasteiger partial charge on any atom is -0.445 e. The topological polar surface area (TPSA) is 92.7 Å². The molecular formula is C39H40F3N5O4. The Morgan fingerprint density at radius 3 is 2.49 bits per heavy atom. The minimum atomic E-state index is -1.24. The minimum absolute atomic E-state index is 0.0569. The normalized spacial score (nSPS) is 22.9. The van der Waals surface area contributed by atoms with Crippen molar-refractivity contribution >= 4 is 34.1 Å². The number of aromatic nitrogens is 3. The van der Waals surface area contributed by atoms with Crippen molar-refractivity contribution in [3.8, 4) is 11.5 Å². The number of aromatic amines is 1. The highest BCUT2D eigenvalue weighted by Gasteiger charge is 2.55. The molecule has 3 fully saturated rings. The Morgan fingerprint density at radius 1 is 0.941 bits per heavy atom. The Kier molecular flexibility index (Phi) is 8.22. The van der Waals surface area contributed by atoms with Crippen molar-refractivity contribution in [1.29, 1.82) is 0 Å². The molecule has 266 valence electrons. The van der Waals surface area contributed by atoms with Gasteiger partial charge in [0.05, 0.1) is 29.3 Å². The number of imidazole rings is 1. The molecule has 1 N–H and O–H groups in total. The van der Waals surface area contributed by atoms with Crippen LogP contribution < -0.4 is 0 Å². The van der Waals surface area contributed by atoms with Crippen LogP contribution >= 0.6 is 0 Å². The van der Waals surface area contributed by atoms with Crippen molar-refractivity contribution in [2.45, 2.75) is 77.0 Å². The lowest BCUT2D eigenvalue weighted by molar-refractivity contribution is 0.0179. The Labute approximate surface area is 293 Å². The van der Waals surface area contributed by atoms with Gasteiger partial charge in [0.2, 0.25) is 0 Å². The summed E-state index contributed by atoms with van der Waals surface area (Å²) in [5.41, 5.74) is 3.05. The predicted molar refractivity (Wildman–Crippen MR) is 186 cm³/mol. The van der Waals surface area contributed by atoms with Crippen LogP contribution in [0.15, 0.2) is 66.7 Å². The second-order valence-electron chi connectivity index (χ2n) is 15.1. The van der Waals surface area contributed by atoms with Crippen LogP contribution in [-0.2, 0) is 29.0 Å². The number of likely N-dealkylation sites (tertiary alicyclic amines) is 2. The SMILES string of the molecule is CC(C)(C)OC(=O)N1C[C@@H]2C[C@@H]2[C@H]1Cn1c(-c2[nH]c3cc(F)ccc3c2C[C@@H]2C[C@H](F)CN2C(=O)OCc2ccccc2)nc2cc(F)ccc21. The number of nitrogens with one attached hydrogen (secondary N) is 1. The standard InChI is InChI=1S/C39H40F3N5O4/c1-39(2,3)51-38(49)47-18-23-13-29(23)34(47)20-46-33-12-10-25(41)16-32(33)44-36(46)35-30(28-11-9-24(40)15-31(28)43-35)17-27-14-26(42)19-45(27)37(48)50-21-22-7-5-4-6-8-22/h4-12,15-16,23,26-27,29,34,43H,13-14,17-21H2,1-3H3/t23-,26-,27-,29-,34+/m0/s1. The second kappa shape index (κ2) is 12.6. The first-order chi connectivity index (χ1) is 24.4. The van der Waals surface area contributed by atoms with E-state index in [1.54, 1.807) is 17.0 Å². The van der Waals surface area contributed by atoms with Gasteiger partial charge in [0, 0.05) is 42.5 Å². The van der Waals surface area contributed by atoms with E-state index < -0.39 is 35.5 Å². The Hall–Kier alpha value is -5.00. The molecule has 1 saturated carbocycles. The fourth-order valence-electron chi connectivity index (χ4n) is 7.95. The van der Waals surface area contributed by atoms with Crippen molar-refractivity contribution in [2.75, 3.05) is 13.1 Å². The number of fused-ring (bicyclic) bond motifs is 3. The van der Waals surface area contributed by atoms with Crippen molar-refractivity contribution in [3.63, 3.8) is 0 Å². The van der Waals surface area contributed by atoms with Gasteiger partial charge in [-0.25, -0.2) is 27.7 Å². The van der Waals surface area contributed by atoms with Crippen LogP contribution in [0, 0.1) is 23.5 Å². The summed E-state index contributed by atoms with van der Waals surface area (Å²) in [5, 5.41) is 0.703. The van der Waals surface area contributed by atoms with E-state index in [9.17, 15) is 18.4 Å². The molecule has 5 aromatic rings. The number of piperidine rings is 1. The molecule has 12 heteroatoms. The van der Waals surface area contributed by atoms with E-state index in [1.165, 1.54) is 29.2 Å². The number of rotatable bonds is 7. The Morgan fingerprint density at radius 2 is 1.71 bits per heavy atom. The molecule has 3 aromatic carbocycles. The predicted octanol–water partition coefficient (Wildman–Crippen LogP) is 8.01. The van der Waals surface area contributed by atoms with E-state index >= 15 is 4.39 Å². The monoisotopic (exact) mass is 699 g/mol. The van der Waals surface area contributed by atoms with Gasteiger partial charge < -0.3 is 28.8 Å². The average Bonchev–Trinajstić information content (AvgIpc) is 3.31. The van der Waals surface area contributed by atoms with E-state index in [0.29, 0.717) is 52.5 Å². The van der Waals surface area contributed by atoms with Crippen molar-refractivity contribution in [2.24, 2.45) is 11.8 Å². The molecule has 9 nitrogen and oxygen atoms in total. The van der Waals surface area contributed by atoms with Gasteiger partial charge in [-0.3, -0.25) is 0 Å². The maximum absolute atomic E-state index is 15.1. The van der Waals surface area contributed by atoms with E-state index in [1.807, 2.05) is 55.7 Å².